The molecule has 1 fully saturated rings. The van der Waals surface area contributed by atoms with Gasteiger partial charge in [0.05, 0.1) is 0 Å². The summed E-state index contributed by atoms with van der Waals surface area (Å²) < 4.78 is 0. The Balaban J connectivity index is 2.06. The van der Waals surface area contributed by atoms with Crippen LogP contribution < -0.4 is 0 Å². The van der Waals surface area contributed by atoms with E-state index in [-0.39, 0.29) is 0 Å². The molecule has 1 heterocycles. The van der Waals surface area contributed by atoms with Crippen molar-refractivity contribution in [1.82, 2.24) is 0 Å². The molecule has 0 spiro atoms. The molecule has 0 aliphatic carbocycles. The highest BCUT2D eigenvalue weighted by Crippen LogP contribution is 2.34. The van der Waals surface area contributed by atoms with Crippen molar-refractivity contribution in [2.75, 3.05) is 28.8 Å². The van der Waals surface area contributed by atoms with E-state index in [4.69, 9.17) is 0 Å². The molecule has 1 saturated heterocycles. The summed E-state index contributed by atoms with van der Waals surface area (Å²) >= 11 is 8.91. The Morgan fingerprint density at radius 3 is 2.25 bits per heavy atom. The van der Waals surface area contributed by atoms with E-state index in [9.17, 15) is 0 Å². The van der Waals surface area contributed by atoms with Crippen LogP contribution in [0.5, 0.6) is 0 Å². The van der Waals surface area contributed by atoms with Gasteiger partial charge < -0.3 is 0 Å². The minimum atomic E-state index is 0.910. The minimum absolute atomic E-state index is 0.910. The lowest BCUT2D eigenvalue weighted by molar-refractivity contribution is 0.719. The number of unbranched alkanes of at least 4 members (excludes halogenated alkanes) is 1. The zero-order valence-electron chi connectivity index (χ0n) is 13.4. The molecule has 20 heavy (non-hydrogen) atoms. The molecular weight excluding hydrogens is 320 g/mol. The topological polar surface area (TPSA) is 0 Å². The van der Waals surface area contributed by atoms with E-state index in [2.05, 4.69) is 67.8 Å². The third-order valence-corrected chi connectivity index (χ3v) is 10.1. The quantitative estimate of drug-likeness (QED) is 0.415. The molecule has 0 bridgehead atoms. The van der Waals surface area contributed by atoms with Gasteiger partial charge in [0.25, 0.3) is 0 Å². The van der Waals surface area contributed by atoms with E-state index in [1.54, 1.807) is 0 Å². The van der Waals surface area contributed by atoms with Crippen LogP contribution >= 0.6 is 47.0 Å². The van der Waals surface area contributed by atoms with E-state index in [0.29, 0.717) is 0 Å². The predicted molar refractivity (Wildman–Crippen MR) is 106 cm³/mol. The summed E-state index contributed by atoms with van der Waals surface area (Å²) in [5.74, 6) is 6.91. The standard InChI is InChI=1S/C16H32S4/c1-4-7-9-17-10-15-11-20-16(13-19-15)12-18-14(6-3)8-5-2/h14-16H,4-13H2,1-3H3. The molecule has 1 aliphatic heterocycles. The Morgan fingerprint density at radius 2 is 1.70 bits per heavy atom. The third-order valence-electron chi connectivity index (χ3n) is 3.57. The molecule has 0 radical (unpaired) electrons. The van der Waals surface area contributed by atoms with Crippen molar-refractivity contribution in [2.24, 2.45) is 0 Å². The Kier molecular flexibility index (Phi) is 12.5. The zero-order valence-corrected chi connectivity index (χ0v) is 16.7. The molecule has 0 nitrogen and oxygen atoms in total. The summed E-state index contributed by atoms with van der Waals surface area (Å²) in [4.78, 5) is 0. The number of hydrogen-bond acceptors (Lipinski definition) is 4. The van der Waals surface area contributed by atoms with E-state index in [1.165, 1.54) is 60.9 Å². The van der Waals surface area contributed by atoms with Gasteiger partial charge in [-0.2, -0.15) is 47.0 Å². The van der Waals surface area contributed by atoms with Crippen LogP contribution in [0.1, 0.15) is 52.9 Å². The average molecular weight is 353 g/mol. The van der Waals surface area contributed by atoms with Crippen molar-refractivity contribution in [3.05, 3.63) is 0 Å². The summed E-state index contributed by atoms with van der Waals surface area (Å²) in [6, 6.07) is 0. The van der Waals surface area contributed by atoms with Crippen molar-refractivity contribution >= 4 is 47.0 Å². The van der Waals surface area contributed by atoms with Gasteiger partial charge in [0.1, 0.15) is 0 Å². The SMILES string of the molecule is CCCCSCC1CSC(CSC(CC)CCC)CS1. The van der Waals surface area contributed by atoms with Crippen LogP contribution in [0.4, 0.5) is 0 Å². The lowest BCUT2D eigenvalue weighted by Gasteiger charge is -2.28. The van der Waals surface area contributed by atoms with Crippen molar-refractivity contribution in [2.45, 2.75) is 68.6 Å². The number of thioether (sulfide) groups is 4. The maximum Gasteiger partial charge on any atom is 0.0229 e. The molecule has 0 aromatic heterocycles. The number of rotatable bonds is 11. The molecule has 0 amide bonds. The van der Waals surface area contributed by atoms with E-state index >= 15 is 0 Å². The molecule has 3 atom stereocenters. The van der Waals surface area contributed by atoms with Gasteiger partial charge in [0, 0.05) is 38.8 Å². The molecule has 120 valence electrons. The summed E-state index contributed by atoms with van der Waals surface area (Å²) in [7, 11) is 0. The molecule has 0 aromatic carbocycles. The van der Waals surface area contributed by atoms with E-state index < -0.39 is 0 Å². The largest absolute Gasteiger partial charge is 0.161 e. The van der Waals surface area contributed by atoms with Crippen molar-refractivity contribution in [1.29, 1.82) is 0 Å². The molecule has 0 aromatic rings. The number of hydrogen-bond donors (Lipinski definition) is 0. The first-order chi connectivity index (χ1) is 9.80. The lowest BCUT2D eigenvalue weighted by atomic mass is 10.2. The van der Waals surface area contributed by atoms with Crippen molar-refractivity contribution < 1.29 is 0 Å². The van der Waals surface area contributed by atoms with Crippen LogP contribution in [0.25, 0.3) is 0 Å². The summed E-state index contributed by atoms with van der Waals surface area (Å²) in [6.45, 7) is 6.95. The predicted octanol–water partition coefficient (Wildman–Crippen LogP) is 6.05. The van der Waals surface area contributed by atoms with Gasteiger partial charge in [-0.15, -0.1) is 0 Å². The average Bonchev–Trinajstić information content (AvgIpc) is 2.49. The van der Waals surface area contributed by atoms with Crippen LogP contribution in [0.3, 0.4) is 0 Å². The fourth-order valence-corrected chi connectivity index (χ4v) is 8.53. The Morgan fingerprint density at radius 1 is 1.00 bits per heavy atom. The van der Waals surface area contributed by atoms with Crippen LogP contribution in [0.15, 0.2) is 0 Å². The second kappa shape index (κ2) is 12.9. The first-order valence-electron chi connectivity index (χ1n) is 8.22. The van der Waals surface area contributed by atoms with Crippen molar-refractivity contribution in [3.8, 4) is 0 Å². The van der Waals surface area contributed by atoms with Gasteiger partial charge in [0.2, 0.25) is 0 Å². The smallest absolute Gasteiger partial charge is 0.0229 e. The minimum Gasteiger partial charge on any atom is -0.161 e. The fourth-order valence-electron chi connectivity index (χ4n) is 2.21. The molecule has 0 saturated carbocycles. The van der Waals surface area contributed by atoms with E-state index in [1.807, 2.05) is 0 Å². The van der Waals surface area contributed by atoms with Gasteiger partial charge in [0.15, 0.2) is 0 Å². The van der Waals surface area contributed by atoms with Crippen LogP contribution in [-0.4, -0.2) is 44.5 Å². The first-order valence-corrected chi connectivity index (χ1v) is 12.5. The monoisotopic (exact) mass is 352 g/mol. The second-order valence-corrected chi connectivity index (χ2v) is 10.6. The van der Waals surface area contributed by atoms with Crippen LogP contribution in [0, 0.1) is 0 Å². The highest BCUT2D eigenvalue weighted by molar-refractivity contribution is 8.09. The van der Waals surface area contributed by atoms with Gasteiger partial charge in [-0.05, 0) is 25.0 Å². The molecule has 4 heteroatoms. The van der Waals surface area contributed by atoms with Crippen molar-refractivity contribution in [3.63, 3.8) is 0 Å². The molecular formula is C16H32S4. The normalized spacial score (nSPS) is 24.8. The van der Waals surface area contributed by atoms with E-state index in [0.717, 1.165) is 15.7 Å². The Labute approximate surface area is 144 Å². The zero-order chi connectivity index (χ0) is 14.6. The maximum atomic E-state index is 2.35. The van der Waals surface area contributed by atoms with Crippen LogP contribution in [-0.2, 0) is 0 Å². The summed E-state index contributed by atoms with van der Waals surface area (Å²) in [6.07, 6.45) is 6.83. The molecule has 1 rings (SSSR count). The molecule has 0 N–H and O–H groups in total. The van der Waals surface area contributed by atoms with Crippen LogP contribution in [0.2, 0.25) is 0 Å². The lowest BCUT2D eigenvalue weighted by Crippen LogP contribution is -2.25. The maximum absolute atomic E-state index is 2.35. The summed E-state index contributed by atoms with van der Waals surface area (Å²) in [5.41, 5.74) is 0. The van der Waals surface area contributed by atoms with Gasteiger partial charge >= 0.3 is 0 Å². The van der Waals surface area contributed by atoms with Gasteiger partial charge in [-0.25, -0.2) is 0 Å². The molecule has 1 aliphatic rings. The third kappa shape index (κ3) is 8.75. The molecule has 3 unspecified atom stereocenters. The Hall–Kier alpha value is 1.40. The second-order valence-electron chi connectivity index (χ2n) is 5.49. The highest BCUT2D eigenvalue weighted by Gasteiger charge is 2.22. The fraction of sp³-hybridized carbons (Fsp3) is 1.00. The highest BCUT2D eigenvalue weighted by atomic mass is 32.2. The van der Waals surface area contributed by atoms with Gasteiger partial charge in [-0.3, -0.25) is 0 Å². The first kappa shape index (κ1) is 19.4. The summed E-state index contributed by atoms with van der Waals surface area (Å²) in [5, 5.41) is 2.74. The Bertz CT molecular complexity index is 215. The van der Waals surface area contributed by atoms with Gasteiger partial charge in [-0.1, -0.05) is 33.6 Å².